The van der Waals surface area contributed by atoms with Crippen molar-refractivity contribution >= 4 is 29.7 Å². The largest absolute Gasteiger partial charge is 0.480 e. The summed E-state index contributed by atoms with van der Waals surface area (Å²) in [6.45, 7) is -0.198. The van der Waals surface area contributed by atoms with Crippen LogP contribution in [0, 0.1) is 0 Å². The molecule has 0 aromatic heterocycles. The fraction of sp³-hybridized carbons (Fsp3) is 0.276. The van der Waals surface area contributed by atoms with Gasteiger partial charge in [0.25, 0.3) is 0 Å². The number of amides is 2. The number of fused-ring (bicyclic) bond motifs is 3. The van der Waals surface area contributed by atoms with Gasteiger partial charge < -0.3 is 20.1 Å². The van der Waals surface area contributed by atoms with Crippen molar-refractivity contribution in [1.29, 1.82) is 0 Å². The van der Waals surface area contributed by atoms with Crippen LogP contribution in [0.4, 0.5) is 4.79 Å². The molecule has 0 saturated carbocycles. The van der Waals surface area contributed by atoms with Gasteiger partial charge >= 0.3 is 12.1 Å². The van der Waals surface area contributed by atoms with Crippen molar-refractivity contribution in [3.63, 3.8) is 0 Å². The average molecular weight is 519 g/mol. The number of nitrogens with zero attached hydrogens (tertiary/aromatic N) is 1. The summed E-state index contributed by atoms with van der Waals surface area (Å²) in [5.74, 6) is -1.05. The zero-order valence-corrected chi connectivity index (χ0v) is 21.4. The Bertz CT molecular complexity index is 1200. The second kappa shape index (κ2) is 12.5. The number of benzene rings is 3. The van der Waals surface area contributed by atoms with E-state index in [1.807, 2.05) is 73.0 Å². The molecule has 0 heterocycles. The van der Waals surface area contributed by atoms with Crippen molar-refractivity contribution in [2.24, 2.45) is 0 Å². The molecule has 192 valence electrons. The summed E-state index contributed by atoms with van der Waals surface area (Å²) >= 11 is 1.54. The third-order valence-electron chi connectivity index (χ3n) is 6.40. The molecule has 0 spiro atoms. The number of alkyl carbamates (subject to hydrolysis) is 1. The molecule has 7 nitrogen and oxygen atoms in total. The Kier molecular flexibility index (Phi) is 8.85. The quantitative estimate of drug-likeness (QED) is 0.380. The first-order chi connectivity index (χ1) is 18.0. The second-order valence-corrected chi connectivity index (χ2v) is 9.86. The number of thioether (sulfide) groups is 1. The molecule has 4 rings (SSSR count). The number of rotatable bonds is 11. The summed E-state index contributed by atoms with van der Waals surface area (Å²) in [6, 6.07) is 24.4. The van der Waals surface area contributed by atoms with E-state index in [2.05, 4.69) is 17.4 Å². The normalized spacial score (nSPS) is 12.8. The van der Waals surface area contributed by atoms with Gasteiger partial charge in [0.05, 0.1) is 0 Å². The third-order valence-corrected chi connectivity index (χ3v) is 7.04. The Morgan fingerprint density at radius 2 is 1.54 bits per heavy atom. The highest BCUT2D eigenvalue weighted by Crippen LogP contribution is 2.44. The minimum Gasteiger partial charge on any atom is -0.480 e. The predicted octanol–water partition coefficient (Wildman–Crippen LogP) is 4.76. The number of carbonyl (C=O) groups is 3. The van der Waals surface area contributed by atoms with E-state index in [1.165, 1.54) is 4.90 Å². The lowest BCUT2D eigenvalue weighted by atomic mass is 9.98. The first-order valence-corrected chi connectivity index (χ1v) is 13.5. The number of carboxylic acids is 1. The predicted molar refractivity (Wildman–Crippen MR) is 144 cm³/mol. The van der Waals surface area contributed by atoms with Crippen molar-refractivity contribution < 1.29 is 24.2 Å². The molecule has 37 heavy (non-hydrogen) atoms. The van der Waals surface area contributed by atoms with E-state index in [4.69, 9.17) is 4.74 Å². The lowest BCUT2D eigenvalue weighted by molar-refractivity contribution is -0.145. The van der Waals surface area contributed by atoms with Crippen LogP contribution in [0.2, 0.25) is 0 Å². The molecule has 3 aromatic carbocycles. The van der Waals surface area contributed by atoms with Crippen LogP contribution in [-0.4, -0.2) is 59.2 Å². The smallest absolute Gasteiger partial charge is 0.407 e. The van der Waals surface area contributed by atoms with Crippen LogP contribution in [-0.2, 0) is 20.9 Å². The van der Waals surface area contributed by atoms with Crippen LogP contribution in [0.5, 0.6) is 0 Å². The van der Waals surface area contributed by atoms with Gasteiger partial charge in [-0.3, -0.25) is 9.59 Å². The molecule has 2 amide bonds. The Morgan fingerprint density at radius 1 is 0.946 bits per heavy atom. The number of carbonyl (C=O) groups excluding carboxylic acids is 2. The lowest BCUT2D eigenvalue weighted by Crippen LogP contribution is -2.50. The van der Waals surface area contributed by atoms with Gasteiger partial charge in [-0.2, -0.15) is 11.8 Å². The third kappa shape index (κ3) is 6.51. The van der Waals surface area contributed by atoms with E-state index in [-0.39, 0.29) is 19.1 Å². The van der Waals surface area contributed by atoms with Gasteiger partial charge in [0, 0.05) is 12.5 Å². The number of carboxylic acid groups (broad SMARTS) is 1. The molecule has 0 unspecified atom stereocenters. The maximum atomic E-state index is 13.4. The fourth-order valence-corrected chi connectivity index (χ4v) is 5.15. The standard InChI is InChI=1S/C29H30N2O5S/c1-37-16-15-26(28(34)31(18-27(32)33)17-20-9-3-2-4-10-20)30-29(35)36-19-25-23-13-7-5-11-21(23)22-12-6-8-14-24(22)25/h2-14,25-26H,15-19H2,1H3,(H,30,35)(H,32,33)/t26-/m0/s1. The highest BCUT2D eigenvalue weighted by atomic mass is 32.2. The molecule has 1 atom stereocenters. The molecule has 3 aromatic rings. The SMILES string of the molecule is CSCC[C@H](NC(=O)OCC1c2ccccc2-c2ccccc21)C(=O)N(CC(=O)O)Cc1ccccc1. The zero-order valence-electron chi connectivity index (χ0n) is 20.6. The monoisotopic (exact) mass is 518 g/mol. The minimum absolute atomic E-state index is 0.0971. The van der Waals surface area contributed by atoms with Gasteiger partial charge in [0.15, 0.2) is 0 Å². The van der Waals surface area contributed by atoms with Gasteiger partial charge in [-0.25, -0.2) is 4.79 Å². The molecule has 2 N–H and O–H groups in total. The van der Waals surface area contributed by atoms with Crippen LogP contribution in [0.15, 0.2) is 78.9 Å². The average Bonchev–Trinajstić information content (AvgIpc) is 3.23. The van der Waals surface area contributed by atoms with E-state index in [1.54, 1.807) is 11.8 Å². The van der Waals surface area contributed by atoms with Crippen molar-refractivity contribution in [3.8, 4) is 11.1 Å². The Balaban J connectivity index is 1.45. The van der Waals surface area contributed by atoms with Gasteiger partial charge in [-0.05, 0) is 46.2 Å². The van der Waals surface area contributed by atoms with Crippen LogP contribution in [0.3, 0.4) is 0 Å². The van der Waals surface area contributed by atoms with E-state index >= 15 is 0 Å². The van der Waals surface area contributed by atoms with Crippen LogP contribution >= 0.6 is 11.8 Å². The summed E-state index contributed by atoms with van der Waals surface area (Å²) in [7, 11) is 0. The highest BCUT2D eigenvalue weighted by Gasteiger charge is 2.31. The molecule has 0 fully saturated rings. The molecule has 0 bridgehead atoms. The van der Waals surface area contributed by atoms with Crippen LogP contribution in [0.25, 0.3) is 11.1 Å². The summed E-state index contributed by atoms with van der Waals surface area (Å²) in [4.78, 5) is 39.0. The molecular weight excluding hydrogens is 488 g/mol. The maximum Gasteiger partial charge on any atom is 0.407 e. The number of hydrogen-bond donors (Lipinski definition) is 2. The summed E-state index contributed by atoms with van der Waals surface area (Å²) in [5.41, 5.74) is 5.27. The lowest BCUT2D eigenvalue weighted by Gasteiger charge is -2.27. The maximum absolute atomic E-state index is 13.4. The molecule has 0 radical (unpaired) electrons. The number of nitrogens with one attached hydrogen (secondary N) is 1. The van der Waals surface area contributed by atoms with E-state index < -0.39 is 30.6 Å². The zero-order chi connectivity index (χ0) is 26.2. The Labute approximate surface area is 220 Å². The van der Waals surface area contributed by atoms with E-state index in [9.17, 15) is 19.5 Å². The molecule has 0 saturated heterocycles. The van der Waals surface area contributed by atoms with Crippen molar-refractivity contribution in [2.75, 3.05) is 25.2 Å². The summed E-state index contributed by atoms with van der Waals surface area (Å²) in [5, 5.41) is 12.1. The van der Waals surface area contributed by atoms with Crippen molar-refractivity contribution in [2.45, 2.75) is 24.9 Å². The van der Waals surface area contributed by atoms with E-state index in [0.29, 0.717) is 12.2 Å². The van der Waals surface area contributed by atoms with Gasteiger partial charge in [0.1, 0.15) is 19.2 Å². The van der Waals surface area contributed by atoms with Gasteiger partial charge in [-0.15, -0.1) is 0 Å². The molecule has 1 aliphatic rings. The number of ether oxygens (including phenoxy) is 1. The first-order valence-electron chi connectivity index (χ1n) is 12.1. The summed E-state index contributed by atoms with van der Waals surface area (Å²) < 4.78 is 5.64. The molecule has 1 aliphatic carbocycles. The summed E-state index contributed by atoms with van der Waals surface area (Å²) in [6.07, 6.45) is 1.57. The van der Waals surface area contributed by atoms with Crippen LogP contribution < -0.4 is 5.32 Å². The fourth-order valence-electron chi connectivity index (χ4n) is 4.67. The second-order valence-electron chi connectivity index (χ2n) is 8.88. The van der Waals surface area contributed by atoms with Crippen molar-refractivity contribution in [3.05, 3.63) is 95.6 Å². The topological polar surface area (TPSA) is 95.9 Å². The Morgan fingerprint density at radius 3 is 2.14 bits per heavy atom. The molecule has 8 heteroatoms. The number of hydrogen-bond acceptors (Lipinski definition) is 5. The van der Waals surface area contributed by atoms with Gasteiger partial charge in [0.2, 0.25) is 5.91 Å². The number of aliphatic carboxylic acids is 1. The van der Waals surface area contributed by atoms with Crippen LogP contribution in [0.1, 0.15) is 29.0 Å². The van der Waals surface area contributed by atoms with Gasteiger partial charge in [-0.1, -0.05) is 78.9 Å². The molecular formula is C29H30N2O5S. The van der Waals surface area contributed by atoms with E-state index in [0.717, 1.165) is 27.8 Å². The Hall–Kier alpha value is -3.78. The van der Waals surface area contributed by atoms with Crippen molar-refractivity contribution in [1.82, 2.24) is 10.2 Å². The first kappa shape index (κ1) is 26.3. The molecule has 0 aliphatic heterocycles. The highest BCUT2D eigenvalue weighted by molar-refractivity contribution is 7.98. The minimum atomic E-state index is -1.12.